The average Bonchev–Trinajstić information content (AvgIpc) is 2.54. The van der Waals surface area contributed by atoms with Crippen molar-refractivity contribution in [3.05, 3.63) is 59.7 Å². The van der Waals surface area contributed by atoms with Gasteiger partial charge in [-0.25, -0.2) is 0 Å². The van der Waals surface area contributed by atoms with E-state index in [4.69, 9.17) is 5.41 Å². The summed E-state index contributed by atoms with van der Waals surface area (Å²) in [7, 11) is 1.95. The zero-order chi connectivity index (χ0) is 17.0. The van der Waals surface area contributed by atoms with Crippen LogP contribution in [-0.4, -0.2) is 19.0 Å². The van der Waals surface area contributed by atoms with Crippen LogP contribution in [0.15, 0.2) is 48.5 Å². The fourth-order valence-corrected chi connectivity index (χ4v) is 2.71. The first-order valence-electron chi connectivity index (χ1n) is 8.21. The minimum Gasteiger partial charge on any atom is -0.316 e. The van der Waals surface area contributed by atoms with Gasteiger partial charge in [0.15, 0.2) is 0 Å². The summed E-state index contributed by atoms with van der Waals surface area (Å²) >= 11 is 0. The molecule has 0 aliphatic heterocycles. The number of benzene rings is 2. The van der Waals surface area contributed by atoms with Gasteiger partial charge in [-0.1, -0.05) is 31.2 Å². The maximum atomic E-state index is 8.71. The first kappa shape index (κ1) is 17.1. The third-order valence-corrected chi connectivity index (χ3v) is 4.05. The van der Waals surface area contributed by atoms with E-state index in [0.29, 0.717) is 5.96 Å². The van der Waals surface area contributed by atoms with E-state index in [1.54, 1.807) is 0 Å². The van der Waals surface area contributed by atoms with E-state index in [-0.39, 0.29) is 6.04 Å². The first-order valence-corrected chi connectivity index (χ1v) is 8.21. The highest BCUT2D eigenvalue weighted by molar-refractivity contribution is 6.05. The normalized spacial score (nSPS) is 10.7. The van der Waals surface area contributed by atoms with Crippen LogP contribution < -0.4 is 9.80 Å². The summed E-state index contributed by atoms with van der Waals surface area (Å²) in [5.74, 6) is 0.485. The summed E-state index contributed by atoms with van der Waals surface area (Å²) in [6.07, 6.45) is 1.00. The molecule has 1 N–H and O–H groups in total. The third kappa shape index (κ3) is 3.92. The van der Waals surface area contributed by atoms with Crippen LogP contribution in [0.3, 0.4) is 0 Å². The summed E-state index contributed by atoms with van der Waals surface area (Å²) in [6.45, 7) is 8.48. The molecule has 0 heterocycles. The second kappa shape index (κ2) is 7.32. The standard InChI is InChI=1S/C20H27N3/c1-6-17-10-8-12-19(14-17)23(15(2)3)20(21)22(5)18-11-7-9-16(4)13-18/h7-15,21H,6H2,1-5H3. The van der Waals surface area contributed by atoms with Crippen molar-refractivity contribution in [3.8, 4) is 0 Å². The van der Waals surface area contributed by atoms with Gasteiger partial charge in [-0.15, -0.1) is 0 Å². The van der Waals surface area contributed by atoms with E-state index in [1.165, 1.54) is 11.1 Å². The van der Waals surface area contributed by atoms with E-state index < -0.39 is 0 Å². The van der Waals surface area contributed by atoms with E-state index in [9.17, 15) is 0 Å². The molecule has 2 aromatic rings. The zero-order valence-corrected chi connectivity index (χ0v) is 14.8. The molecule has 0 saturated heterocycles. The third-order valence-electron chi connectivity index (χ3n) is 4.05. The lowest BCUT2D eigenvalue weighted by molar-refractivity contribution is 0.793. The van der Waals surface area contributed by atoms with E-state index in [1.807, 2.05) is 24.1 Å². The highest BCUT2D eigenvalue weighted by Crippen LogP contribution is 2.23. The molecule has 2 aromatic carbocycles. The quantitative estimate of drug-likeness (QED) is 0.647. The van der Waals surface area contributed by atoms with Crippen LogP contribution in [0.5, 0.6) is 0 Å². The predicted octanol–water partition coefficient (Wildman–Crippen LogP) is 4.84. The van der Waals surface area contributed by atoms with Gasteiger partial charge in [-0.2, -0.15) is 0 Å². The highest BCUT2D eigenvalue weighted by atomic mass is 15.4. The molecule has 23 heavy (non-hydrogen) atoms. The molecule has 0 aliphatic rings. The number of hydrogen-bond donors (Lipinski definition) is 1. The minimum atomic E-state index is 0.210. The molecule has 0 fully saturated rings. The topological polar surface area (TPSA) is 30.3 Å². The summed E-state index contributed by atoms with van der Waals surface area (Å²) in [5, 5.41) is 8.71. The van der Waals surface area contributed by atoms with Crippen molar-refractivity contribution >= 4 is 17.3 Å². The van der Waals surface area contributed by atoms with Gasteiger partial charge in [0, 0.05) is 24.5 Å². The van der Waals surface area contributed by atoms with Gasteiger partial charge in [0.25, 0.3) is 0 Å². The van der Waals surface area contributed by atoms with Crippen LogP contribution >= 0.6 is 0 Å². The second-order valence-corrected chi connectivity index (χ2v) is 6.21. The van der Waals surface area contributed by atoms with Crippen molar-refractivity contribution in [2.45, 2.75) is 40.2 Å². The summed E-state index contributed by atoms with van der Waals surface area (Å²) in [5.41, 5.74) is 4.60. The number of aryl methyl sites for hydroxylation is 2. The number of guanidine groups is 1. The van der Waals surface area contributed by atoms with Crippen LogP contribution in [0, 0.1) is 12.3 Å². The Labute approximate surface area is 140 Å². The number of nitrogens with zero attached hydrogens (tertiary/aromatic N) is 2. The predicted molar refractivity (Wildman–Crippen MR) is 101 cm³/mol. The van der Waals surface area contributed by atoms with Gasteiger partial charge in [-0.3, -0.25) is 5.41 Å². The second-order valence-electron chi connectivity index (χ2n) is 6.21. The number of anilines is 2. The molecule has 122 valence electrons. The summed E-state index contributed by atoms with van der Waals surface area (Å²) in [4.78, 5) is 4.01. The Morgan fingerprint density at radius 1 is 1.04 bits per heavy atom. The van der Waals surface area contributed by atoms with Crippen LogP contribution in [0.2, 0.25) is 0 Å². The Morgan fingerprint density at radius 3 is 2.30 bits per heavy atom. The van der Waals surface area contributed by atoms with E-state index >= 15 is 0 Å². The summed E-state index contributed by atoms with van der Waals surface area (Å²) < 4.78 is 0. The number of hydrogen-bond acceptors (Lipinski definition) is 1. The lowest BCUT2D eigenvalue weighted by atomic mass is 10.1. The fraction of sp³-hybridized carbons (Fsp3) is 0.350. The molecule has 0 radical (unpaired) electrons. The highest BCUT2D eigenvalue weighted by Gasteiger charge is 2.20. The molecular weight excluding hydrogens is 282 g/mol. The van der Waals surface area contributed by atoms with Crippen LogP contribution in [0.25, 0.3) is 0 Å². The molecule has 0 amide bonds. The molecule has 0 atom stereocenters. The van der Waals surface area contributed by atoms with Gasteiger partial charge >= 0.3 is 0 Å². The molecule has 0 unspecified atom stereocenters. The first-order chi connectivity index (χ1) is 10.9. The zero-order valence-electron chi connectivity index (χ0n) is 14.8. The molecule has 2 rings (SSSR count). The molecule has 3 heteroatoms. The molecule has 0 aliphatic carbocycles. The average molecular weight is 309 g/mol. The van der Waals surface area contributed by atoms with Gasteiger partial charge in [0.1, 0.15) is 0 Å². The van der Waals surface area contributed by atoms with Crippen molar-refractivity contribution < 1.29 is 0 Å². The maximum absolute atomic E-state index is 8.71. The van der Waals surface area contributed by atoms with Gasteiger partial charge < -0.3 is 9.80 Å². The van der Waals surface area contributed by atoms with Crippen molar-refractivity contribution in [1.82, 2.24) is 0 Å². The van der Waals surface area contributed by atoms with Crippen molar-refractivity contribution in [3.63, 3.8) is 0 Å². The van der Waals surface area contributed by atoms with Crippen LogP contribution in [0.1, 0.15) is 31.9 Å². The van der Waals surface area contributed by atoms with Crippen molar-refractivity contribution in [2.75, 3.05) is 16.8 Å². The number of rotatable bonds is 4. The Hall–Kier alpha value is -2.29. The Morgan fingerprint density at radius 2 is 1.70 bits per heavy atom. The van der Waals surface area contributed by atoms with Crippen LogP contribution in [0.4, 0.5) is 11.4 Å². The molecule has 3 nitrogen and oxygen atoms in total. The van der Waals surface area contributed by atoms with E-state index in [0.717, 1.165) is 17.8 Å². The van der Waals surface area contributed by atoms with E-state index in [2.05, 4.69) is 69.0 Å². The fourth-order valence-electron chi connectivity index (χ4n) is 2.71. The summed E-state index contributed by atoms with van der Waals surface area (Å²) in [6, 6.07) is 16.9. The smallest absolute Gasteiger partial charge is 0.202 e. The SMILES string of the molecule is CCc1cccc(N(C(=N)N(C)c2cccc(C)c2)C(C)C)c1. The molecule has 0 aromatic heterocycles. The number of nitrogens with one attached hydrogen (secondary N) is 1. The Kier molecular flexibility index (Phi) is 5.43. The Bertz CT molecular complexity index is 676. The van der Waals surface area contributed by atoms with Gasteiger partial charge in [0.2, 0.25) is 5.96 Å². The van der Waals surface area contributed by atoms with Gasteiger partial charge in [0.05, 0.1) is 0 Å². The lowest BCUT2D eigenvalue weighted by Crippen LogP contribution is -2.46. The van der Waals surface area contributed by atoms with Gasteiger partial charge in [-0.05, 0) is 62.6 Å². The lowest BCUT2D eigenvalue weighted by Gasteiger charge is -2.34. The monoisotopic (exact) mass is 309 g/mol. The van der Waals surface area contributed by atoms with Crippen LogP contribution in [-0.2, 0) is 6.42 Å². The molecule has 0 bridgehead atoms. The minimum absolute atomic E-state index is 0.210. The molecular formula is C20H27N3. The largest absolute Gasteiger partial charge is 0.316 e. The van der Waals surface area contributed by atoms with Crippen molar-refractivity contribution in [1.29, 1.82) is 5.41 Å². The Balaban J connectivity index is 2.35. The van der Waals surface area contributed by atoms with Crippen molar-refractivity contribution in [2.24, 2.45) is 0 Å². The maximum Gasteiger partial charge on any atom is 0.202 e. The molecule has 0 saturated carbocycles. The molecule has 0 spiro atoms.